The van der Waals surface area contributed by atoms with E-state index in [-0.39, 0.29) is 12.1 Å². The number of hydrogen-bond donors (Lipinski definition) is 2. The first-order valence-electron chi connectivity index (χ1n) is 7.91. The number of rotatable bonds is 4. The summed E-state index contributed by atoms with van der Waals surface area (Å²) in [6, 6.07) is 8.60. The van der Waals surface area contributed by atoms with Crippen LogP contribution in [0.15, 0.2) is 46.2 Å². The molecule has 0 aliphatic rings. The van der Waals surface area contributed by atoms with Gasteiger partial charge in [-0.1, -0.05) is 18.2 Å². The molecule has 0 radical (unpaired) electrons. The first-order valence-corrected chi connectivity index (χ1v) is 10.2. The van der Waals surface area contributed by atoms with Gasteiger partial charge in [0, 0.05) is 33.3 Å². The molecule has 0 saturated heterocycles. The number of sulfonamides is 1. The van der Waals surface area contributed by atoms with E-state index in [0.29, 0.717) is 21.6 Å². The number of aromatic amines is 1. The number of H-pyrrole nitrogens is 1. The van der Waals surface area contributed by atoms with Crippen molar-refractivity contribution in [2.24, 2.45) is 0 Å². The van der Waals surface area contributed by atoms with E-state index in [1.165, 1.54) is 21.9 Å². The number of hydrogen-bond acceptors (Lipinski definition) is 5. The highest BCUT2D eigenvalue weighted by atomic mass is 32.2. The van der Waals surface area contributed by atoms with E-state index in [0.717, 1.165) is 15.1 Å². The van der Waals surface area contributed by atoms with E-state index in [1.807, 2.05) is 25.1 Å². The first-order chi connectivity index (χ1) is 12.4. The first kappa shape index (κ1) is 17.0. The van der Waals surface area contributed by atoms with Gasteiger partial charge in [0.05, 0.1) is 12.2 Å². The molecule has 0 aliphatic heterocycles. The van der Waals surface area contributed by atoms with Crippen LogP contribution in [0.2, 0.25) is 0 Å². The number of nitrogens with zero attached hydrogens (tertiary/aromatic N) is 2. The van der Waals surface area contributed by atoms with Crippen LogP contribution < -0.4 is 10.3 Å². The van der Waals surface area contributed by atoms with Crippen molar-refractivity contribution in [3.05, 3.63) is 63.0 Å². The fourth-order valence-electron chi connectivity index (χ4n) is 3.00. The zero-order valence-corrected chi connectivity index (χ0v) is 15.7. The minimum absolute atomic E-state index is 0.0537. The van der Waals surface area contributed by atoms with E-state index in [4.69, 9.17) is 0 Å². The van der Waals surface area contributed by atoms with Gasteiger partial charge < -0.3 is 0 Å². The number of thiophene rings is 1. The third kappa shape index (κ3) is 2.74. The molecular weight excluding hydrogens is 372 g/mol. The molecule has 4 rings (SSSR count). The molecule has 0 fully saturated rings. The Hall–Kier alpha value is -2.49. The fourth-order valence-corrected chi connectivity index (χ4v) is 5.86. The second-order valence-electron chi connectivity index (χ2n) is 6.01. The minimum Gasteiger partial charge on any atom is -0.297 e. The maximum atomic E-state index is 12.9. The zero-order chi connectivity index (χ0) is 18.5. The molecule has 0 unspecified atom stereocenters. The molecule has 0 atom stereocenters. The van der Waals surface area contributed by atoms with Crippen LogP contribution in [0.4, 0.5) is 0 Å². The molecule has 7 nitrogen and oxygen atoms in total. The third-order valence-electron chi connectivity index (χ3n) is 4.18. The molecule has 2 N–H and O–H groups in total. The normalized spacial score (nSPS) is 12.2. The Labute approximate surface area is 153 Å². The molecule has 3 heterocycles. The van der Waals surface area contributed by atoms with E-state index in [2.05, 4.69) is 14.8 Å². The highest BCUT2D eigenvalue weighted by Crippen LogP contribution is 2.35. The molecule has 0 spiro atoms. The number of benzene rings is 1. The highest BCUT2D eigenvalue weighted by Gasteiger charge is 2.23. The van der Waals surface area contributed by atoms with Crippen molar-refractivity contribution in [2.75, 3.05) is 0 Å². The van der Waals surface area contributed by atoms with Crippen LogP contribution in [0, 0.1) is 13.8 Å². The Bertz CT molecular complexity index is 1300. The molecule has 3 aromatic heterocycles. The van der Waals surface area contributed by atoms with Crippen molar-refractivity contribution in [1.82, 2.24) is 19.3 Å². The van der Waals surface area contributed by atoms with Crippen LogP contribution in [0.5, 0.6) is 0 Å². The standard InChI is InChI=1S/C17H16N4O3S2/c1-10-4-3-5-13-16(10)25-11(2)17(13)26(23,24)19-9-12-8-15(22)21-14(20-12)6-7-18-21/h3-8,18-19H,9H2,1-2H3. The maximum Gasteiger partial charge on any atom is 0.272 e. The molecule has 1 aromatic carbocycles. The lowest BCUT2D eigenvalue weighted by Crippen LogP contribution is -2.25. The molecule has 134 valence electrons. The minimum atomic E-state index is -3.74. The summed E-state index contributed by atoms with van der Waals surface area (Å²) in [7, 11) is -3.74. The van der Waals surface area contributed by atoms with Crippen LogP contribution in [0.1, 0.15) is 16.1 Å². The average Bonchev–Trinajstić information content (AvgIpc) is 3.18. The monoisotopic (exact) mass is 388 g/mol. The van der Waals surface area contributed by atoms with Gasteiger partial charge in [-0.2, -0.15) is 0 Å². The highest BCUT2D eigenvalue weighted by molar-refractivity contribution is 7.90. The van der Waals surface area contributed by atoms with Crippen LogP contribution >= 0.6 is 11.3 Å². The third-order valence-corrected chi connectivity index (χ3v) is 7.15. The lowest BCUT2D eigenvalue weighted by atomic mass is 10.2. The molecule has 9 heteroatoms. The van der Waals surface area contributed by atoms with Crippen molar-refractivity contribution in [3.8, 4) is 0 Å². The predicted octanol–water partition coefficient (Wildman–Crippen LogP) is 2.33. The van der Waals surface area contributed by atoms with Crippen molar-refractivity contribution in [1.29, 1.82) is 0 Å². The summed E-state index contributed by atoms with van der Waals surface area (Å²) < 4.78 is 30.6. The summed E-state index contributed by atoms with van der Waals surface area (Å²) in [6.45, 7) is 3.71. The van der Waals surface area contributed by atoms with Gasteiger partial charge >= 0.3 is 0 Å². The molecule has 0 bridgehead atoms. The lowest BCUT2D eigenvalue weighted by molar-refractivity contribution is 0.581. The summed E-state index contributed by atoms with van der Waals surface area (Å²) in [5.41, 5.74) is 1.57. The largest absolute Gasteiger partial charge is 0.297 e. The summed E-state index contributed by atoms with van der Waals surface area (Å²) in [5, 5.41) is 3.46. The van der Waals surface area contributed by atoms with Gasteiger partial charge in [0.25, 0.3) is 5.56 Å². The van der Waals surface area contributed by atoms with Gasteiger partial charge in [-0.15, -0.1) is 11.3 Å². The molecule has 0 amide bonds. The summed E-state index contributed by atoms with van der Waals surface area (Å²) >= 11 is 1.47. The van der Waals surface area contributed by atoms with Crippen molar-refractivity contribution in [3.63, 3.8) is 0 Å². The van der Waals surface area contributed by atoms with Crippen LogP contribution in [-0.2, 0) is 16.6 Å². The predicted molar refractivity (Wildman–Crippen MR) is 101 cm³/mol. The zero-order valence-electron chi connectivity index (χ0n) is 14.1. The Balaban J connectivity index is 1.70. The van der Waals surface area contributed by atoms with Crippen molar-refractivity contribution < 1.29 is 8.42 Å². The average molecular weight is 388 g/mol. The van der Waals surface area contributed by atoms with Gasteiger partial charge in [-0.3, -0.25) is 9.89 Å². The second-order valence-corrected chi connectivity index (χ2v) is 8.93. The number of fused-ring (bicyclic) bond motifs is 2. The van der Waals surface area contributed by atoms with Crippen LogP contribution in [0.3, 0.4) is 0 Å². The summed E-state index contributed by atoms with van der Waals surface area (Å²) in [4.78, 5) is 17.3. The molecular formula is C17H16N4O3S2. The Kier molecular flexibility index (Phi) is 3.94. The van der Waals surface area contributed by atoms with Crippen LogP contribution in [-0.4, -0.2) is 23.0 Å². The number of aromatic nitrogens is 3. The summed E-state index contributed by atoms with van der Waals surface area (Å²) in [5.74, 6) is 0. The van der Waals surface area contributed by atoms with Gasteiger partial charge in [0.1, 0.15) is 4.90 Å². The van der Waals surface area contributed by atoms with E-state index < -0.39 is 10.0 Å². The molecule has 0 saturated carbocycles. The SMILES string of the molecule is Cc1sc2c(C)cccc2c1S(=O)(=O)NCc1cc(=O)n2[nH]ccc2n1. The molecule has 0 aliphatic carbocycles. The second kappa shape index (κ2) is 6.04. The quantitative estimate of drug-likeness (QED) is 0.561. The Morgan fingerprint density at radius 1 is 1.27 bits per heavy atom. The van der Waals surface area contributed by atoms with Crippen molar-refractivity contribution in [2.45, 2.75) is 25.3 Å². The fraction of sp³-hybridized carbons (Fsp3) is 0.176. The maximum absolute atomic E-state index is 12.9. The number of aryl methyl sites for hydroxylation is 2. The molecule has 26 heavy (non-hydrogen) atoms. The summed E-state index contributed by atoms with van der Waals surface area (Å²) in [6.07, 6.45) is 1.60. The lowest BCUT2D eigenvalue weighted by Gasteiger charge is -2.07. The van der Waals surface area contributed by atoms with Gasteiger partial charge in [-0.25, -0.2) is 22.6 Å². The van der Waals surface area contributed by atoms with E-state index in [9.17, 15) is 13.2 Å². The van der Waals surface area contributed by atoms with E-state index >= 15 is 0 Å². The van der Waals surface area contributed by atoms with Gasteiger partial charge in [0.2, 0.25) is 10.0 Å². The van der Waals surface area contributed by atoms with Crippen molar-refractivity contribution >= 4 is 37.1 Å². The Morgan fingerprint density at radius 3 is 2.88 bits per heavy atom. The smallest absolute Gasteiger partial charge is 0.272 e. The van der Waals surface area contributed by atoms with Gasteiger partial charge in [-0.05, 0) is 19.4 Å². The Morgan fingerprint density at radius 2 is 2.08 bits per heavy atom. The van der Waals surface area contributed by atoms with Gasteiger partial charge in [0.15, 0.2) is 5.65 Å². The topological polar surface area (TPSA) is 96.3 Å². The molecule has 4 aromatic rings. The van der Waals surface area contributed by atoms with Crippen LogP contribution in [0.25, 0.3) is 15.7 Å². The van der Waals surface area contributed by atoms with E-state index in [1.54, 1.807) is 19.2 Å². The number of nitrogens with one attached hydrogen (secondary N) is 2.